The average molecular weight is 341 g/mol. The van der Waals surface area contributed by atoms with Crippen LogP contribution in [0.1, 0.15) is 31.9 Å². The van der Waals surface area contributed by atoms with Gasteiger partial charge in [-0.15, -0.1) is 0 Å². The van der Waals surface area contributed by atoms with Crippen LogP contribution >= 0.6 is 0 Å². The Kier molecular flexibility index (Phi) is 5.13. The fraction of sp³-hybridized carbons (Fsp3) is 0.450. The maximum Gasteiger partial charge on any atom is 0.243 e. The number of H-pyrrole nitrogens is 1. The number of carbonyl (C=O) groups is 1. The third-order valence-electron chi connectivity index (χ3n) is 4.87. The highest BCUT2D eigenvalue weighted by Gasteiger charge is 2.28. The molecule has 0 fully saturated rings. The van der Waals surface area contributed by atoms with Crippen LogP contribution in [0.4, 0.5) is 5.69 Å². The molecule has 0 unspecified atom stereocenters. The number of nitrogens with one attached hydrogen (secondary N) is 3. The summed E-state index contributed by atoms with van der Waals surface area (Å²) in [6.07, 6.45) is 7.57. The molecule has 1 aliphatic rings. The zero-order chi connectivity index (χ0) is 18.0. The fourth-order valence-electron chi connectivity index (χ4n) is 3.49. The van der Waals surface area contributed by atoms with E-state index in [4.69, 9.17) is 0 Å². The van der Waals surface area contributed by atoms with Crippen molar-refractivity contribution in [3.05, 3.63) is 41.6 Å². The minimum Gasteiger partial charge on any atom is -0.394 e. The molecule has 1 aromatic carbocycles. The summed E-state index contributed by atoms with van der Waals surface area (Å²) in [6.45, 7) is 6.01. The lowest BCUT2D eigenvalue weighted by Gasteiger charge is -2.25. The van der Waals surface area contributed by atoms with E-state index in [9.17, 15) is 9.90 Å². The van der Waals surface area contributed by atoms with Gasteiger partial charge in [-0.25, -0.2) is 0 Å². The monoisotopic (exact) mass is 341 g/mol. The highest BCUT2D eigenvalue weighted by molar-refractivity contribution is 5.99. The highest BCUT2D eigenvalue weighted by atomic mass is 16.3. The van der Waals surface area contributed by atoms with E-state index >= 15 is 0 Å². The number of anilines is 1. The third-order valence-corrected chi connectivity index (χ3v) is 4.87. The molecule has 1 amide bonds. The number of aromatic nitrogens is 1. The van der Waals surface area contributed by atoms with Crippen LogP contribution in [-0.2, 0) is 17.6 Å². The molecule has 0 radical (unpaired) electrons. The van der Waals surface area contributed by atoms with Gasteiger partial charge < -0.3 is 20.7 Å². The molecular weight excluding hydrogens is 314 g/mol. The van der Waals surface area contributed by atoms with E-state index in [1.165, 1.54) is 5.56 Å². The molecule has 0 spiro atoms. The molecule has 2 atom stereocenters. The SMILES string of the molecule is C/C=C/Cc1ccc2[nH]cc3c2c1N[C@@H](C(C)C)C(=O)N[C@H](CO)C3. The van der Waals surface area contributed by atoms with Crippen LogP contribution in [0.25, 0.3) is 10.9 Å². The van der Waals surface area contributed by atoms with Gasteiger partial charge in [0.1, 0.15) is 6.04 Å². The van der Waals surface area contributed by atoms with E-state index in [0.717, 1.165) is 28.6 Å². The van der Waals surface area contributed by atoms with E-state index in [-0.39, 0.29) is 30.5 Å². The second-order valence-corrected chi connectivity index (χ2v) is 7.07. The van der Waals surface area contributed by atoms with Crippen LogP contribution in [0.5, 0.6) is 0 Å². The molecule has 1 aliphatic heterocycles. The zero-order valence-corrected chi connectivity index (χ0v) is 15.1. The van der Waals surface area contributed by atoms with Gasteiger partial charge in [0.05, 0.1) is 12.6 Å². The second kappa shape index (κ2) is 7.31. The molecule has 0 saturated heterocycles. The molecule has 2 heterocycles. The minimum absolute atomic E-state index is 0.0582. The lowest BCUT2D eigenvalue weighted by atomic mass is 9.98. The van der Waals surface area contributed by atoms with Crippen molar-refractivity contribution in [1.82, 2.24) is 10.3 Å². The van der Waals surface area contributed by atoms with E-state index in [2.05, 4.69) is 33.8 Å². The molecule has 1 aromatic heterocycles. The third kappa shape index (κ3) is 3.42. The van der Waals surface area contributed by atoms with Gasteiger partial charge in [0, 0.05) is 22.8 Å². The van der Waals surface area contributed by atoms with Crippen molar-refractivity contribution in [2.75, 3.05) is 11.9 Å². The smallest absolute Gasteiger partial charge is 0.243 e. The van der Waals surface area contributed by atoms with E-state index < -0.39 is 0 Å². The molecule has 2 aromatic rings. The van der Waals surface area contributed by atoms with Crippen LogP contribution < -0.4 is 10.6 Å². The molecule has 3 rings (SSSR count). The first-order valence-electron chi connectivity index (χ1n) is 8.95. The Morgan fingerprint density at radius 3 is 2.80 bits per heavy atom. The van der Waals surface area contributed by atoms with Crippen molar-refractivity contribution in [2.45, 2.75) is 45.7 Å². The first-order chi connectivity index (χ1) is 12.0. The lowest BCUT2D eigenvalue weighted by molar-refractivity contribution is -0.123. The quantitative estimate of drug-likeness (QED) is 0.646. The summed E-state index contributed by atoms with van der Waals surface area (Å²) in [4.78, 5) is 16.1. The average Bonchev–Trinajstić information content (AvgIpc) is 3.01. The van der Waals surface area contributed by atoms with Gasteiger partial charge in [-0.1, -0.05) is 32.1 Å². The lowest BCUT2D eigenvalue weighted by Crippen LogP contribution is -2.48. The Morgan fingerprint density at radius 2 is 2.12 bits per heavy atom. The van der Waals surface area contributed by atoms with Gasteiger partial charge >= 0.3 is 0 Å². The normalized spacial score (nSPS) is 21.1. The number of hydrogen-bond donors (Lipinski definition) is 4. The topological polar surface area (TPSA) is 77.2 Å². The molecular formula is C20H27N3O2. The van der Waals surface area contributed by atoms with E-state index in [0.29, 0.717) is 6.42 Å². The summed E-state index contributed by atoms with van der Waals surface area (Å²) in [5.41, 5.74) is 4.37. The first kappa shape index (κ1) is 17.5. The predicted molar refractivity (Wildman–Crippen MR) is 102 cm³/mol. The van der Waals surface area contributed by atoms with Gasteiger partial charge in [-0.2, -0.15) is 0 Å². The van der Waals surface area contributed by atoms with Crippen molar-refractivity contribution in [3.63, 3.8) is 0 Å². The summed E-state index contributed by atoms with van der Waals surface area (Å²) in [7, 11) is 0. The molecule has 4 N–H and O–H groups in total. The van der Waals surface area contributed by atoms with Gasteiger partial charge in [0.2, 0.25) is 5.91 Å². The number of aliphatic hydroxyl groups is 1. The molecule has 134 valence electrons. The minimum atomic E-state index is -0.343. The van der Waals surface area contributed by atoms with Gasteiger partial charge in [0.25, 0.3) is 0 Å². The molecule has 0 aliphatic carbocycles. The summed E-state index contributed by atoms with van der Waals surface area (Å²) < 4.78 is 0. The van der Waals surface area contributed by atoms with Gasteiger partial charge in [-0.3, -0.25) is 4.79 Å². The Labute approximate surface area is 148 Å². The first-order valence-corrected chi connectivity index (χ1v) is 8.95. The maximum absolute atomic E-state index is 12.7. The van der Waals surface area contributed by atoms with Crippen molar-refractivity contribution >= 4 is 22.5 Å². The van der Waals surface area contributed by atoms with Crippen molar-refractivity contribution in [1.29, 1.82) is 0 Å². The van der Waals surface area contributed by atoms with Crippen LogP contribution in [0, 0.1) is 5.92 Å². The Balaban J connectivity index is 2.19. The summed E-state index contributed by atoms with van der Waals surface area (Å²) >= 11 is 0. The maximum atomic E-state index is 12.7. The van der Waals surface area contributed by atoms with E-state index in [1.54, 1.807) is 0 Å². The number of benzene rings is 1. The number of amides is 1. The number of allylic oxidation sites excluding steroid dienone is 2. The Bertz CT molecular complexity index is 792. The van der Waals surface area contributed by atoms with Crippen molar-refractivity contribution in [2.24, 2.45) is 5.92 Å². The number of aliphatic hydroxyl groups excluding tert-OH is 1. The molecule has 5 heteroatoms. The highest BCUT2D eigenvalue weighted by Crippen LogP contribution is 2.33. The second-order valence-electron chi connectivity index (χ2n) is 7.07. The molecule has 25 heavy (non-hydrogen) atoms. The van der Waals surface area contributed by atoms with Crippen LogP contribution in [0.2, 0.25) is 0 Å². The van der Waals surface area contributed by atoms with Gasteiger partial charge in [-0.05, 0) is 42.9 Å². The van der Waals surface area contributed by atoms with Gasteiger partial charge in [0.15, 0.2) is 0 Å². The summed E-state index contributed by atoms with van der Waals surface area (Å²) in [6, 6.07) is 3.58. The molecule has 0 saturated carbocycles. The predicted octanol–water partition coefficient (Wildman–Crippen LogP) is 2.76. The number of hydrogen-bond acceptors (Lipinski definition) is 3. The largest absolute Gasteiger partial charge is 0.394 e. The zero-order valence-electron chi connectivity index (χ0n) is 15.1. The Morgan fingerprint density at radius 1 is 1.32 bits per heavy atom. The molecule has 0 bridgehead atoms. The van der Waals surface area contributed by atoms with Crippen LogP contribution in [0.15, 0.2) is 30.5 Å². The number of rotatable bonds is 4. The molecule has 5 nitrogen and oxygen atoms in total. The van der Waals surface area contributed by atoms with Crippen molar-refractivity contribution < 1.29 is 9.90 Å². The Hall–Kier alpha value is -2.27. The summed E-state index contributed by atoms with van der Waals surface area (Å²) in [5.74, 6) is 0.0711. The number of aromatic amines is 1. The van der Waals surface area contributed by atoms with Crippen LogP contribution in [-0.4, -0.2) is 34.7 Å². The summed E-state index contributed by atoms with van der Waals surface area (Å²) in [5, 5.41) is 17.3. The van der Waals surface area contributed by atoms with E-state index in [1.807, 2.05) is 33.0 Å². The number of carbonyl (C=O) groups excluding carboxylic acids is 1. The standard InChI is InChI=1S/C20H27N3O2/c1-4-5-6-13-7-8-16-17-14(10-21-16)9-15(11-24)22-20(25)18(12(2)3)23-19(13)17/h4-5,7-8,10,12,15,18,21,23-24H,6,9,11H2,1-3H3,(H,22,25)/b5-4+/t15-,18-/m0/s1. The van der Waals surface area contributed by atoms with Crippen LogP contribution in [0.3, 0.4) is 0 Å². The van der Waals surface area contributed by atoms with Crippen molar-refractivity contribution in [3.8, 4) is 0 Å². The fourth-order valence-corrected chi connectivity index (χ4v) is 3.49.